The van der Waals surface area contributed by atoms with Crippen LogP contribution in [0.5, 0.6) is 0 Å². The fraction of sp³-hybridized carbons (Fsp3) is 0.143. The number of urea groups is 1. The molecule has 0 aliphatic rings. The first kappa shape index (κ1) is 20.3. The van der Waals surface area contributed by atoms with Crippen LogP contribution in [0.25, 0.3) is 11.3 Å². The maximum absolute atomic E-state index is 14.3. The van der Waals surface area contributed by atoms with E-state index in [1.807, 2.05) is 0 Å². The molecule has 0 unspecified atom stereocenters. The zero-order chi connectivity index (χ0) is 21.1. The van der Waals surface area contributed by atoms with Crippen molar-refractivity contribution in [3.63, 3.8) is 0 Å². The van der Waals surface area contributed by atoms with Gasteiger partial charge in [0.1, 0.15) is 29.0 Å². The molecule has 0 atom stereocenters. The van der Waals surface area contributed by atoms with Crippen molar-refractivity contribution in [2.45, 2.75) is 13.3 Å². The van der Waals surface area contributed by atoms with E-state index in [0.29, 0.717) is 34.7 Å². The van der Waals surface area contributed by atoms with E-state index in [1.54, 1.807) is 19.1 Å². The first-order chi connectivity index (χ1) is 13.8. The number of anilines is 2. The summed E-state index contributed by atoms with van der Waals surface area (Å²) in [4.78, 5) is 17.2. The molecule has 150 valence electrons. The van der Waals surface area contributed by atoms with Crippen molar-refractivity contribution < 1.29 is 18.0 Å². The Hall–Kier alpha value is -3.39. The fourth-order valence-corrected chi connectivity index (χ4v) is 3.13. The number of hydrogen-bond acceptors (Lipinski definition) is 3. The van der Waals surface area contributed by atoms with E-state index in [9.17, 15) is 18.0 Å². The first-order valence-electron chi connectivity index (χ1n) is 8.83. The number of primary amides is 1. The summed E-state index contributed by atoms with van der Waals surface area (Å²) in [5, 5.41) is 0. The van der Waals surface area contributed by atoms with Gasteiger partial charge in [-0.05, 0) is 67.4 Å². The molecule has 3 aromatic rings. The number of hydrogen-bond donors (Lipinski definition) is 2. The monoisotopic (exact) mass is 400 g/mol. The number of carbonyl (C=O) groups is 1. The van der Waals surface area contributed by atoms with E-state index >= 15 is 0 Å². The predicted octanol–water partition coefficient (Wildman–Crippen LogP) is 4.19. The van der Waals surface area contributed by atoms with Crippen molar-refractivity contribution >= 4 is 17.5 Å². The molecule has 0 bridgehead atoms. The third-order valence-corrected chi connectivity index (χ3v) is 4.43. The van der Waals surface area contributed by atoms with Crippen LogP contribution >= 0.6 is 0 Å². The van der Waals surface area contributed by atoms with E-state index < -0.39 is 29.2 Å². The predicted molar refractivity (Wildman–Crippen MR) is 105 cm³/mol. The van der Waals surface area contributed by atoms with Gasteiger partial charge in [0.25, 0.3) is 0 Å². The molecule has 4 N–H and O–H groups in total. The van der Waals surface area contributed by atoms with Crippen LogP contribution in [0.2, 0.25) is 0 Å². The van der Waals surface area contributed by atoms with Crippen LogP contribution in [0, 0.1) is 24.4 Å². The van der Waals surface area contributed by atoms with Crippen molar-refractivity contribution in [3.05, 3.63) is 77.1 Å². The lowest BCUT2D eigenvalue weighted by Gasteiger charge is -2.22. The minimum absolute atomic E-state index is 0.0685. The van der Waals surface area contributed by atoms with Crippen LogP contribution < -0.4 is 16.4 Å². The summed E-state index contributed by atoms with van der Waals surface area (Å²) in [6, 6.07) is 9.38. The zero-order valence-corrected chi connectivity index (χ0v) is 15.6. The molecular weight excluding hydrogens is 381 g/mol. The lowest BCUT2D eigenvalue weighted by atomic mass is 9.99. The fourth-order valence-electron chi connectivity index (χ4n) is 3.13. The third kappa shape index (κ3) is 4.07. The van der Waals surface area contributed by atoms with Gasteiger partial charge in [0.2, 0.25) is 0 Å². The standard InChI is InChI=1S/C21H19F3N4O/c1-12-11-14(22)6-7-15(12)19-13(9-10-25)5-8-18(27-19)28(21(26)29)20-16(23)3-2-4-17(20)24/h2-8,11H,9-10,25H2,1H3,(H2,26,29). The Kier molecular flexibility index (Phi) is 5.84. The SMILES string of the molecule is Cc1cc(F)ccc1-c1nc(N(C(N)=O)c2c(F)cccc2F)ccc1CCN. The van der Waals surface area contributed by atoms with E-state index in [4.69, 9.17) is 11.5 Å². The van der Waals surface area contributed by atoms with Gasteiger partial charge < -0.3 is 11.5 Å². The van der Waals surface area contributed by atoms with Gasteiger partial charge >= 0.3 is 6.03 Å². The Morgan fingerprint density at radius 1 is 1.07 bits per heavy atom. The van der Waals surface area contributed by atoms with Crippen molar-refractivity contribution in [2.24, 2.45) is 11.5 Å². The molecule has 29 heavy (non-hydrogen) atoms. The van der Waals surface area contributed by atoms with Crippen molar-refractivity contribution in [1.29, 1.82) is 0 Å². The molecule has 3 rings (SSSR count). The van der Waals surface area contributed by atoms with Crippen molar-refractivity contribution in [1.82, 2.24) is 4.98 Å². The highest BCUT2D eigenvalue weighted by atomic mass is 19.1. The van der Waals surface area contributed by atoms with Crippen LogP contribution in [-0.4, -0.2) is 17.6 Å². The summed E-state index contributed by atoms with van der Waals surface area (Å²) < 4.78 is 42.1. The van der Waals surface area contributed by atoms with Crippen LogP contribution in [0.4, 0.5) is 29.5 Å². The number of nitrogens with zero attached hydrogens (tertiary/aromatic N) is 2. The third-order valence-electron chi connectivity index (χ3n) is 4.43. The summed E-state index contributed by atoms with van der Waals surface area (Å²) in [7, 11) is 0. The summed E-state index contributed by atoms with van der Waals surface area (Å²) in [6.07, 6.45) is 0.462. The molecule has 0 aliphatic carbocycles. The molecule has 0 radical (unpaired) electrons. The van der Waals surface area contributed by atoms with Gasteiger partial charge in [-0.25, -0.2) is 27.8 Å². The molecule has 8 heteroatoms. The zero-order valence-electron chi connectivity index (χ0n) is 15.6. The number of pyridine rings is 1. The van der Waals surface area contributed by atoms with Gasteiger partial charge in [0.15, 0.2) is 0 Å². The number of para-hydroxylation sites is 1. The summed E-state index contributed by atoms with van der Waals surface area (Å²) >= 11 is 0. The Morgan fingerprint density at radius 2 is 1.76 bits per heavy atom. The maximum Gasteiger partial charge on any atom is 0.325 e. The van der Waals surface area contributed by atoms with Crippen molar-refractivity contribution in [3.8, 4) is 11.3 Å². The molecular formula is C21H19F3N4O. The topological polar surface area (TPSA) is 85.2 Å². The Labute approximate surface area is 165 Å². The van der Waals surface area contributed by atoms with E-state index in [1.165, 1.54) is 24.3 Å². The molecule has 5 nitrogen and oxygen atoms in total. The second-order valence-electron chi connectivity index (χ2n) is 6.42. The first-order valence-corrected chi connectivity index (χ1v) is 8.83. The molecule has 0 fully saturated rings. The van der Waals surface area contributed by atoms with Gasteiger partial charge in [0, 0.05) is 5.56 Å². The molecule has 0 saturated heterocycles. The minimum atomic E-state index is -1.10. The van der Waals surface area contributed by atoms with Gasteiger partial charge in [-0.15, -0.1) is 0 Å². The lowest BCUT2D eigenvalue weighted by molar-refractivity contribution is 0.255. The summed E-state index contributed by atoms with van der Waals surface area (Å²) in [5.41, 5.74) is 12.8. The Bertz CT molecular complexity index is 1050. The second-order valence-corrected chi connectivity index (χ2v) is 6.42. The maximum atomic E-state index is 14.3. The highest BCUT2D eigenvalue weighted by Gasteiger charge is 2.25. The van der Waals surface area contributed by atoms with Gasteiger partial charge in [-0.2, -0.15) is 0 Å². The number of halogens is 3. The van der Waals surface area contributed by atoms with E-state index in [2.05, 4.69) is 4.98 Å². The Balaban J connectivity index is 2.23. The number of amides is 2. The minimum Gasteiger partial charge on any atom is -0.351 e. The lowest BCUT2D eigenvalue weighted by Crippen LogP contribution is -2.33. The highest BCUT2D eigenvalue weighted by Crippen LogP contribution is 2.33. The molecule has 2 aromatic carbocycles. The number of carbonyl (C=O) groups excluding carboxylic acids is 1. The van der Waals surface area contributed by atoms with Gasteiger partial charge in [-0.1, -0.05) is 12.1 Å². The smallest absolute Gasteiger partial charge is 0.325 e. The summed E-state index contributed by atoms with van der Waals surface area (Å²) in [5.74, 6) is -2.40. The number of benzene rings is 2. The summed E-state index contributed by atoms with van der Waals surface area (Å²) in [6.45, 7) is 2.04. The van der Waals surface area contributed by atoms with Gasteiger partial charge in [-0.3, -0.25) is 0 Å². The van der Waals surface area contributed by atoms with Crippen LogP contribution in [0.15, 0.2) is 48.5 Å². The quantitative estimate of drug-likeness (QED) is 0.673. The van der Waals surface area contributed by atoms with Crippen LogP contribution in [0.1, 0.15) is 11.1 Å². The second kappa shape index (κ2) is 8.32. The highest BCUT2D eigenvalue weighted by molar-refractivity contribution is 5.98. The Morgan fingerprint density at radius 3 is 2.34 bits per heavy atom. The van der Waals surface area contributed by atoms with Crippen molar-refractivity contribution in [2.75, 3.05) is 11.4 Å². The number of rotatable bonds is 5. The number of aromatic nitrogens is 1. The van der Waals surface area contributed by atoms with E-state index in [0.717, 1.165) is 17.7 Å². The molecule has 0 saturated carbocycles. The van der Waals surface area contributed by atoms with Crippen LogP contribution in [-0.2, 0) is 6.42 Å². The van der Waals surface area contributed by atoms with E-state index in [-0.39, 0.29) is 5.82 Å². The molecule has 1 aromatic heterocycles. The number of aryl methyl sites for hydroxylation is 1. The molecule has 0 spiro atoms. The van der Waals surface area contributed by atoms with Gasteiger partial charge in [0.05, 0.1) is 5.69 Å². The average Bonchev–Trinajstić information content (AvgIpc) is 2.65. The molecule has 0 aliphatic heterocycles. The number of nitrogens with two attached hydrogens (primary N) is 2. The normalized spacial score (nSPS) is 10.8. The van der Waals surface area contributed by atoms with Crippen LogP contribution in [0.3, 0.4) is 0 Å². The molecule has 2 amide bonds. The average molecular weight is 400 g/mol. The largest absolute Gasteiger partial charge is 0.351 e. The molecule has 1 heterocycles.